The van der Waals surface area contributed by atoms with Gasteiger partial charge in [-0.1, -0.05) is 24.8 Å². The summed E-state index contributed by atoms with van der Waals surface area (Å²) in [5, 5.41) is 0. The van der Waals surface area contributed by atoms with Gasteiger partial charge < -0.3 is 0 Å². The zero-order chi connectivity index (χ0) is 13.8. The first kappa shape index (κ1) is 12.4. The molecule has 0 N–H and O–H groups in total. The van der Waals surface area contributed by atoms with Crippen LogP contribution in [0.15, 0.2) is 37.1 Å². The molecule has 1 heterocycles. The van der Waals surface area contributed by atoms with Crippen molar-refractivity contribution in [1.29, 1.82) is 0 Å². The second-order valence-corrected chi connectivity index (χ2v) is 6.04. The Morgan fingerprint density at radius 1 is 1.53 bits per heavy atom. The molecule has 4 unspecified atom stereocenters. The summed E-state index contributed by atoms with van der Waals surface area (Å²) in [6.45, 7) is 9.26. The first-order valence-electron chi connectivity index (χ1n) is 6.85. The van der Waals surface area contributed by atoms with Crippen LogP contribution in [0.1, 0.15) is 26.2 Å². The van der Waals surface area contributed by atoms with Crippen LogP contribution in [-0.2, 0) is 9.59 Å². The maximum atomic E-state index is 12.6. The van der Waals surface area contributed by atoms with Gasteiger partial charge in [-0.05, 0) is 32.1 Å². The summed E-state index contributed by atoms with van der Waals surface area (Å²) < 4.78 is 0. The van der Waals surface area contributed by atoms with Gasteiger partial charge in [-0.3, -0.25) is 14.5 Å². The summed E-state index contributed by atoms with van der Waals surface area (Å²) in [7, 11) is 0. The molecule has 0 aromatic heterocycles. The van der Waals surface area contributed by atoms with Gasteiger partial charge in [0.25, 0.3) is 0 Å². The van der Waals surface area contributed by atoms with Crippen molar-refractivity contribution >= 4 is 11.8 Å². The molecule has 2 amide bonds. The minimum absolute atomic E-state index is 0.0431. The Kier molecular flexibility index (Phi) is 2.56. The van der Waals surface area contributed by atoms with E-state index in [0.717, 1.165) is 19.3 Å². The van der Waals surface area contributed by atoms with E-state index in [0.29, 0.717) is 5.70 Å². The molecule has 1 saturated heterocycles. The van der Waals surface area contributed by atoms with Gasteiger partial charge in [0.05, 0.1) is 11.8 Å². The van der Waals surface area contributed by atoms with Crippen LogP contribution in [0.3, 0.4) is 0 Å². The Bertz CT molecular complexity index is 519. The molecule has 4 atom stereocenters. The fourth-order valence-electron chi connectivity index (χ4n) is 4.18. The van der Waals surface area contributed by atoms with Crippen LogP contribution >= 0.6 is 0 Å². The Morgan fingerprint density at radius 3 is 2.89 bits per heavy atom. The molecule has 3 aliphatic rings. The summed E-state index contributed by atoms with van der Waals surface area (Å²) in [4.78, 5) is 26.3. The maximum absolute atomic E-state index is 12.6. The molecule has 1 aliphatic heterocycles. The van der Waals surface area contributed by atoms with Crippen LogP contribution in [0, 0.1) is 23.2 Å². The quantitative estimate of drug-likeness (QED) is 0.573. The van der Waals surface area contributed by atoms with E-state index in [-0.39, 0.29) is 35.0 Å². The summed E-state index contributed by atoms with van der Waals surface area (Å²) in [6, 6.07) is 0. The third-order valence-electron chi connectivity index (χ3n) is 4.92. The Labute approximate surface area is 113 Å². The smallest absolute Gasteiger partial charge is 0.238 e. The van der Waals surface area contributed by atoms with Gasteiger partial charge in [-0.2, -0.15) is 0 Å². The van der Waals surface area contributed by atoms with Crippen molar-refractivity contribution in [1.82, 2.24) is 4.90 Å². The zero-order valence-corrected chi connectivity index (χ0v) is 11.3. The van der Waals surface area contributed by atoms with Gasteiger partial charge >= 0.3 is 0 Å². The number of imide groups is 1. The highest BCUT2D eigenvalue weighted by Crippen LogP contribution is 2.62. The molecule has 19 heavy (non-hydrogen) atoms. The van der Waals surface area contributed by atoms with Gasteiger partial charge in [0.2, 0.25) is 11.8 Å². The van der Waals surface area contributed by atoms with Gasteiger partial charge in [-0.25, -0.2) is 0 Å². The number of nitrogens with zero attached hydrogens (tertiary/aromatic N) is 1. The molecular weight excluding hydrogens is 238 g/mol. The summed E-state index contributed by atoms with van der Waals surface area (Å²) in [5.74, 6) is -0.183. The van der Waals surface area contributed by atoms with Crippen molar-refractivity contribution in [2.24, 2.45) is 23.2 Å². The lowest BCUT2D eigenvalue weighted by Gasteiger charge is -2.30. The highest BCUT2D eigenvalue weighted by Gasteiger charge is 2.65. The molecule has 0 aromatic rings. The first-order chi connectivity index (χ1) is 9.02. The number of rotatable bonds is 4. The van der Waals surface area contributed by atoms with E-state index in [1.54, 1.807) is 6.92 Å². The molecule has 100 valence electrons. The number of carbonyl (C=O) groups excluding carboxylic acids is 2. The average Bonchev–Trinajstić information content (AvgIpc) is 2.98. The van der Waals surface area contributed by atoms with Gasteiger partial charge in [0.1, 0.15) is 0 Å². The number of allylic oxidation sites excluding steroid dienone is 4. The van der Waals surface area contributed by atoms with Gasteiger partial charge in [0.15, 0.2) is 0 Å². The fraction of sp³-hybridized carbons (Fsp3) is 0.500. The van der Waals surface area contributed by atoms with E-state index < -0.39 is 0 Å². The van der Waals surface area contributed by atoms with Gasteiger partial charge in [0, 0.05) is 11.1 Å². The zero-order valence-electron chi connectivity index (χ0n) is 11.3. The van der Waals surface area contributed by atoms with E-state index in [1.165, 1.54) is 4.90 Å². The minimum Gasteiger partial charge on any atom is -0.274 e. The summed E-state index contributed by atoms with van der Waals surface area (Å²) in [6.07, 6.45) is 8.94. The van der Waals surface area contributed by atoms with Crippen LogP contribution in [0.25, 0.3) is 0 Å². The van der Waals surface area contributed by atoms with E-state index in [4.69, 9.17) is 0 Å². The second kappa shape index (κ2) is 3.92. The number of hydrogen-bond donors (Lipinski definition) is 0. The van der Waals surface area contributed by atoms with Crippen LogP contribution < -0.4 is 0 Å². The highest BCUT2D eigenvalue weighted by molar-refractivity contribution is 6.08. The van der Waals surface area contributed by atoms with Crippen molar-refractivity contribution in [3.63, 3.8) is 0 Å². The molecule has 2 aliphatic carbocycles. The molecular formula is C16H19NO2. The van der Waals surface area contributed by atoms with E-state index in [2.05, 4.69) is 25.3 Å². The largest absolute Gasteiger partial charge is 0.274 e. The number of likely N-dealkylation sites (tertiary alicyclic amines) is 1. The predicted octanol–water partition coefficient (Wildman–Crippen LogP) is 2.66. The predicted molar refractivity (Wildman–Crippen MR) is 72.8 cm³/mol. The summed E-state index contributed by atoms with van der Waals surface area (Å²) >= 11 is 0. The standard InChI is InChI=1S/C16H19NO2/c1-4-5-7-16-8-6-11(9-16)12-13(16)15(19)17(10(2)3)14(12)18/h4,6,8,11-13H,1-2,5,7,9H2,3H3. The van der Waals surface area contributed by atoms with E-state index >= 15 is 0 Å². The van der Waals surface area contributed by atoms with Crippen molar-refractivity contribution in [3.8, 4) is 0 Å². The highest BCUT2D eigenvalue weighted by atomic mass is 16.2. The first-order valence-corrected chi connectivity index (χ1v) is 6.85. The van der Waals surface area contributed by atoms with Crippen molar-refractivity contribution in [2.75, 3.05) is 0 Å². The number of carbonyl (C=O) groups is 2. The number of amides is 2. The van der Waals surface area contributed by atoms with Crippen molar-refractivity contribution in [3.05, 3.63) is 37.1 Å². The Hall–Kier alpha value is -1.64. The molecule has 0 spiro atoms. The lowest BCUT2D eigenvalue weighted by molar-refractivity contribution is -0.138. The minimum atomic E-state index is -0.174. The number of hydrogen-bond acceptors (Lipinski definition) is 2. The normalized spacial score (nSPS) is 39.0. The molecule has 3 nitrogen and oxygen atoms in total. The lowest BCUT2D eigenvalue weighted by Crippen LogP contribution is -2.34. The van der Waals surface area contributed by atoms with E-state index in [9.17, 15) is 9.59 Å². The van der Waals surface area contributed by atoms with Gasteiger partial charge in [-0.15, -0.1) is 6.58 Å². The van der Waals surface area contributed by atoms with Crippen molar-refractivity contribution < 1.29 is 9.59 Å². The Balaban J connectivity index is 1.99. The van der Waals surface area contributed by atoms with Crippen molar-refractivity contribution in [2.45, 2.75) is 26.2 Å². The van der Waals surface area contributed by atoms with Crippen LogP contribution in [0.5, 0.6) is 0 Å². The second-order valence-electron chi connectivity index (χ2n) is 6.04. The number of fused-ring (bicyclic) bond motifs is 5. The molecule has 1 saturated carbocycles. The Morgan fingerprint density at radius 2 is 2.26 bits per heavy atom. The van der Waals surface area contributed by atoms with Crippen LogP contribution in [0.4, 0.5) is 0 Å². The van der Waals surface area contributed by atoms with Crippen LogP contribution in [-0.4, -0.2) is 16.7 Å². The monoisotopic (exact) mass is 257 g/mol. The topological polar surface area (TPSA) is 37.4 Å². The van der Waals surface area contributed by atoms with E-state index in [1.807, 2.05) is 6.08 Å². The average molecular weight is 257 g/mol. The van der Waals surface area contributed by atoms with Crippen LogP contribution in [0.2, 0.25) is 0 Å². The summed E-state index contributed by atoms with van der Waals surface area (Å²) in [5.41, 5.74) is 0.420. The molecule has 3 rings (SSSR count). The third kappa shape index (κ3) is 1.44. The lowest BCUT2D eigenvalue weighted by atomic mass is 9.72. The molecule has 2 bridgehead atoms. The molecule has 3 heteroatoms. The third-order valence-corrected chi connectivity index (χ3v) is 4.92. The fourth-order valence-corrected chi connectivity index (χ4v) is 4.18. The maximum Gasteiger partial charge on any atom is 0.238 e. The molecule has 0 aromatic carbocycles. The molecule has 0 radical (unpaired) electrons. The SMILES string of the molecule is C=CCCC12C=CC(C1)C1C(=O)N(C(=C)C)C(=O)C12. The molecule has 2 fully saturated rings.